The summed E-state index contributed by atoms with van der Waals surface area (Å²) < 4.78 is 4.79. The molecule has 0 aliphatic rings. The van der Waals surface area contributed by atoms with E-state index < -0.39 is 0 Å². The summed E-state index contributed by atoms with van der Waals surface area (Å²) in [4.78, 5) is 14.7. The van der Waals surface area contributed by atoms with Gasteiger partial charge in [0.05, 0.1) is 6.04 Å². The number of rotatable bonds is 6. The molecule has 3 N–H and O–H groups in total. The second kappa shape index (κ2) is 5.33. The van der Waals surface area contributed by atoms with Gasteiger partial charge in [0.15, 0.2) is 6.33 Å². The zero-order chi connectivity index (χ0) is 10.4. The van der Waals surface area contributed by atoms with E-state index in [4.69, 9.17) is 10.3 Å². The van der Waals surface area contributed by atoms with Crippen molar-refractivity contribution in [2.75, 3.05) is 6.54 Å². The van der Waals surface area contributed by atoms with E-state index in [2.05, 4.69) is 15.5 Å². The smallest absolute Gasteiger partial charge is 0.234 e. The molecule has 0 aromatic carbocycles. The van der Waals surface area contributed by atoms with Crippen molar-refractivity contribution in [1.29, 1.82) is 0 Å². The monoisotopic (exact) mass is 198 g/mol. The van der Waals surface area contributed by atoms with Crippen LogP contribution >= 0.6 is 0 Å². The van der Waals surface area contributed by atoms with Gasteiger partial charge < -0.3 is 15.6 Å². The summed E-state index contributed by atoms with van der Waals surface area (Å²) in [5.41, 5.74) is 5.15. The Morgan fingerprint density at radius 1 is 1.79 bits per heavy atom. The number of nitrogens with zero attached hydrogens (tertiary/aromatic N) is 2. The van der Waals surface area contributed by atoms with E-state index in [0.29, 0.717) is 25.3 Å². The predicted molar refractivity (Wildman–Crippen MR) is 49.3 cm³/mol. The van der Waals surface area contributed by atoms with Crippen LogP contribution in [-0.4, -0.2) is 28.6 Å². The van der Waals surface area contributed by atoms with Gasteiger partial charge in [-0.05, 0) is 6.42 Å². The summed E-state index contributed by atoms with van der Waals surface area (Å²) in [7, 11) is 0. The van der Waals surface area contributed by atoms with Crippen molar-refractivity contribution >= 4 is 5.91 Å². The van der Waals surface area contributed by atoms with Gasteiger partial charge in [0.2, 0.25) is 11.8 Å². The van der Waals surface area contributed by atoms with Gasteiger partial charge in [0.25, 0.3) is 0 Å². The van der Waals surface area contributed by atoms with Crippen LogP contribution in [0.5, 0.6) is 0 Å². The SMILES string of the molecule is CCC(NCCc1ncno1)C(N)=O. The van der Waals surface area contributed by atoms with E-state index in [1.54, 1.807) is 0 Å². The minimum atomic E-state index is -0.335. The van der Waals surface area contributed by atoms with Gasteiger partial charge >= 0.3 is 0 Å². The first-order valence-electron chi connectivity index (χ1n) is 4.52. The quantitative estimate of drug-likeness (QED) is 0.640. The molecule has 0 saturated carbocycles. The maximum atomic E-state index is 10.8. The van der Waals surface area contributed by atoms with Crippen molar-refractivity contribution in [2.24, 2.45) is 5.73 Å². The molecule has 1 heterocycles. The van der Waals surface area contributed by atoms with Crippen LogP contribution < -0.4 is 11.1 Å². The highest BCUT2D eigenvalue weighted by molar-refractivity contribution is 5.79. The predicted octanol–water partition coefficient (Wildman–Crippen LogP) is -0.534. The lowest BCUT2D eigenvalue weighted by Crippen LogP contribution is -2.41. The highest BCUT2D eigenvalue weighted by atomic mass is 16.5. The Kier molecular flexibility index (Phi) is 4.06. The van der Waals surface area contributed by atoms with E-state index in [0.717, 1.165) is 0 Å². The van der Waals surface area contributed by atoms with Crippen molar-refractivity contribution in [3.8, 4) is 0 Å². The first kappa shape index (κ1) is 10.6. The topological polar surface area (TPSA) is 94.0 Å². The zero-order valence-electron chi connectivity index (χ0n) is 8.06. The number of nitrogens with one attached hydrogen (secondary N) is 1. The van der Waals surface area contributed by atoms with Gasteiger partial charge in [-0.1, -0.05) is 12.1 Å². The summed E-state index contributed by atoms with van der Waals surface area (Å²) in [5.74, 6) is 0.217. The van der Waals surface area contributed by atoms with Gasteiger partial charge in [-0.25, -0.2) is 0 Å². The molecule has 1 aromatic heterocycles. The Morgan fingerprint density at radius 3 is 3.07 bits per heavy atom. The number of hydrogen-bond acceptors (Lipinski definition) is 5. The van der Waals surface area contributed by atoms with Gasteiger partial charge in [-0.2, -0.15) is 4.98 Å². The largest absolute Gasteiger partial charge is 0.368 e. The van der Waals surface area contributed by atoms with Crippen LogP contribution in [-0.2, 0) is 11.2 Å². The van der Waals surface area contributed by atoms with Gasteiger partial charge in [0, 0.05) is 13.0 Å². The van der Waals surface area contributed by atoms with E-state index in [1.807, 2.05) is 6.92 Å². The third-order valence-electron chi connectivity index (χ3n) is 1.89. The van der Waals surface area contributed by atoms with E-state index in [1.165, 1.54) is 6.33 Å². The number of aromatic nitrogens is 2. The van der Waals surface area contributed by atoms with Crippen molar-refractivity contribution in [1.82, 2.24) is 15.5 Å². The molecule has 1 unspecified atom stereocenters. The van der Waals surface area contributed by atoms with Crippen LogP contribution in [0.1, 0.15) is 19.2 Å². The van der Waals surface area contributed by atoms with E-state index in [-0.39, 0.29) is 11.9 Å². The molecule has 6 heteroatoms. The molecule has 6 nitrogen and oxygen atoms in total. The Labute approximate surface area is 81.9 Å². The standard InChI is InChI=1S/C8H14N4O2/c1-2-6(8(9)13)10-4-3-7-11-5-12-14-7/h5-6,10H,2-4H2,1H3,(H2,9,13). The third kappa shape index (κ3) is 3.14. The van der Waals surface area contributed by atoms with Crippen LogP contribution in [0.4, 0.5) is 0 Å². The van der Waals surface area contributed by atoms with Crippen LogP contribution in [0.2, 0.25) is 0 Å². The molecule has 14 heavy (non-hydrogen) atoms. The highest BCUT2D eigenvalue weighted by Crippen LogP contribution is 1.93. The minimum Gasteiger partial charge on any atom is -0.368 e. The number of primary amides is 1. The second-order valence-electron chi connectivity index (χ2n) is 2.90. The van der Waals surface area contributed by atoms with Crippen molar-refractivity contribution in [2.45, 2.75) is 25.8 Å². The number of nitrogens with two attached hydrogens (primary N) is 1. The number of amides is 1. The molecular weight excluding hydrogens is 184 g/mol. The molecule has 1 atom stereocenters. The maximum absolute atomic E-state index is 10.8. The molecule has 0 saturated heterocycles. The minimum absolute atomic E-state index is 0.280. The van der Waals surface area contributed by atoms with Crippen LogP contribution in [0, 0.1) is 0 Å². The van der Waals surface area contributed by atoms with Crippen LogP contribution in [0.3, 0.4) is 0 Å². The lowest BCUT2D eigenvalue weighted by atomic mass is 10.2. The fourth-order valence-electron chi connectivity index (χ4n) is 1.11. The van der Waals surface area contributed by atoms with Gasteiger partial charge in [-0.3, -0.25) is 4.79 Å². The molecule has 0 spiro atoms. The van der Waals surface area contributed by atoms with Crippen molar-refractivity contribution in [3.63, 3.8) is 0 Å². The summed E-state index contributed by atoms with van der Waals surface area (Å²) in [6.45, 7) is 2.50. The number of carbonyl (C=O) groups is 1. The molecular formula is C8H14N4O2. The first-order chi connectivity index (χ1) is 6.74. The lowest BCUT2D eigenvalue weighted by molar-refractivity contribution is -0.120. The second-order valence-corrected chi connectivity index (χ2v) is 2.90. The van der Waals surface area contributed by atoms with Crippen LogP contribution in [0.15, 0.2) is 10.9 Å². The summed E-state index contributed by atoms with van der Waals surface area (Å²) in [6, 6.07) is -0.280. The fourth-order valence-corrected chi connectivity index (χ4v) is 1.11. The average molecular weight is 198 g/mol. The highest BCUT2D eigenvalue weighted by Gasteiger charge is 2.11. The number of hydrogen-bond donors (Lipinski definition) is 2. The average Bonchev–Trinajstić information content (AvgIpc) is 2.64. The lowest BCUT2D eigenvalue weighted by Gasteiger charge is -2.11. The van der Waals surface area contributed by atoms with Crippen molar-refractivity contribution in [3.05, 3.63) is 12.2 Å². The zero-order valence-corrected chi connectivity index (χ0v) is 8.06. The Bertz CT molecular complexity index is 273. The van der Waals surface area contributed by atoms with E-state index in [9.17, 15) is 4.79 Å². The summed E-state index contributed by atoms with van der Waals surface area (Å²) in [6.07, 6.45) is 2.63. The van der Waals surface area contributed by atoms with Gasteiger partial charge in [-0.15, -0.1) is 0 Å². The fraction of sp³-hybridized carbons (Fsp3) is 0.625. The third-order valence-corrected chi connectivity index (χ3v) is 1.89. The Balaban J connectivity index is 2.23. The maximum Gasteiger partial charge on any atom is 0.234 e. The molecule has 78 valence electrons. The molecule has 1 amide bonds. The number of carbonyl (C=O) groups excluding carboxylic acids is 1. The van der Waals surface area contributed by atoms with Crippen molar-refractivity contribution < 1.29 is 9.32 Å². The molecule has 1 aromatic rings. The molecule has 0 bridgehead atoms. The molecule has 1 rings (SSSR count). The summed E-state index contributed by atoms with van der Waals surface area (Å²) >= 11 is 0. The summed E-state index contributed by atoms with van der Waals surface area (Å²) in [5, 5.41) is 6.47. The molecule has 0 aliphatic carbocycles. The molecule has 0 aliphatic heterocycles. The normalized spacial score (nSPS) is 12.6. The molecule has 0 fully saturated rings. The first-order valence-corrected chi connectivity index (χ1v) is 4.52. The molecule has 0 radical (unpaired) electrons. The van der Waals surface area contributed by atoms with Crippen LogP contribution in [0.25, 0.3) is 0 Å². The van der Waals surface area contributed by atoms with E-state index >= 15 is 0 Å². The Hall–Kier alpha value is -1.43. The van der Waals surface area contributed by atoms with Gasteiger partial charge in [0.1, 0.15) is 0 Å². The Morgan fingerprint density at radius 2 is 2.57 bits per heavy atom.